The number of benzene rings is 1. The molecule has 1 aromatic rings. The van der Waals surface area contributed by atoms with Crippen LogP contribution in [0.5, 0.6) is 0 Å². The molecule has 14 heavy (non-hydrogen) atoms. The zero-order valence-corrected chi connectivity index (χ0v) is 8.32. The number of aryl methyl sites for hydroxylation is 1. The normalized spacial score (nSPS) is 10.1. The highest BCUT2D eigenvalue weighted by Gasteiger charge is 2.09. The fourth-order valence-electron chi connectivity index (χ4n) is 1.36. The molecular formula is C10H13NO3. The van der Waals surface area contributed by atoms with E-state index in [1.807, 2.05) is 6.92 Å². The summed E-state index contributed by atoms with van der Waals surface area (Å²) in [5.74, 6) is 0. The standard InChI is InChI=1S/C10H13NO3/c1-3-8-4-5-10(11(12)13)6-9(8)7-14-2/h4-6H,3,7H2,1-2H3. The Balaban J connectivity index is 3.07. The van der Waals surface area contributed by atoms with Gasteiger partial charge in [0.15, 0.2) is 0 Å². The van der Waals surface area contributed by atoms with Crippen LogP contribution in [0.1, 0.15) is 18.1 Å². The van der Waals surface area contributed by atoms with Crippen molar-refractivity contribution in [3.63, 3.8) is 0 Å². The molecule has 0 spiro atoms. The first-order valence-electron chi connectivity index (χ1n) is 4.44. The lowest BCUT2D eigenvalue weighted by molar-refractivity contribution is -0.385. The van der Waals surface area contributed by atoms with Gasteiger partial charge in [-0.15, -0.1) is 0 Å². The van der Waals surface area contributed by atoms with E-state index in [-0.39, 0.29) is 5.69 Å². The number of nitrogens with zero attached hydrogens (tertiary/aromatic N) is 1. The Labute approximate surface area is 82.7 Å². The number of hydrogen-bond acceptors (Lipinski definition) is 3. The summed E-state index contributed by atoms with van der Waals surface area (Å²) in [6, 6.07) is 4.88. The van der Waals surface area contributed by atoms with Gasteiger partial charge in [-0.05, 0) is 17.5 Å². The van der Waals surface area contributed by atoms with E-state index >= 15 is 0 Å². The van der Waals surface area contributed by atoms with Crippen LogP contribution in [-0.2, 0) is 17.8 Å². The van der Waals surface area contributed by atoms with Crippen LogP contribution in [-0.4, -0.2) is 12.0 Å². The largest absolute Gasteiger partial charge is 0.380 e. The summed E-state index contributed by atoms with van der Waals surface area (Å²) in [7, 11) is 1.58. The molecule has 0 fully saturated rings. The molecule has 0 aromatic heterocycles. The molecule has 0 saturated carbocycles. The number of hydrogen-bond donors (Lipinski definition) is 0. The number of ether oxygens (including phenoxy) is 1. The molecule has 4 nitrogen and oxygen atoms in total. The van der Waals surface area contributed by atoms with E-state index in [0.717, 1.165) is 17.5 Å². The second-order valence-electron chi connectivity index (χ2n) is 3.00. The van der Waals surface area contributed by atoms with Crippen LogP contribution in [0.25, 0.3) is 0 Å². The average molecular weight is 195 g/mol. The second kappa shape index (κ2) is 4.72. The maximum absolute atomic E-state index is 10.5. The molecule has 0 radical (unpaired) electrons. The van der Waals surface area contributed by atoms with E-state index in [9.17, 15) is 10.1 Å². The molecule has 0 aliphatic carbocycles. The number of methoxy groups -OCH3 is 1. The van der Waals surface area contributed by atoms with Crippen molar-refractivity contribution < 1.29 is 9.66 Å². The molecular weight excluding hydrogens is 182 g/mol. The summed E-state index contributed by atoms with van der Waals surface area (Å²) in [6.45, 7) is 2.44. The molecule has 0 aliphatic rings. The summed E-state index contributed by atoms with van der Waals surface area (Å²) >= 11 is 0. The van der Waals surface area contributed by atoms with E-state index in [2.05, 4.69) is 0 Å². The minimum atomic E-state index is -0.390. The van der Waals surface area contributed by atoms with Gasteiger partial charge < -0.3 is 4.74 Å². The summed E-state index contributed by atoms with van der Waals surface area (Å²) in [4.78, 5) is 10.1. The lowest BCUT2D eigenvalue weighted by Crippen LogP contribution is -1.97. The third-order valence-corrected chi connectivity index (χ3v) is 2.08. The zero-order chi connectivity index (χ0) is 10.6. The van der Waals surface area contributed by atoms with Gasteiger partial charge in [-0.25, -0.2) is 0 Å². The number of nitro benzene ring substituents is 1. The van der Waals surface area contributed by atoms with Gasteiger partial charge in [0, 0.05) is 19.2 Å². The van der Waals surface area contributed by atoms with Crippen LogP contribution < -0.4 is 0 Å². The van der Waals surface area contributed by atoms with Gasteiger partial charge in [0.1, 0.15) is 0 Å². The first-order chi connectivity index (χ1) is 6.69. The topological polar surface area (TPSA) is 52.4 Å². The Kier molecular flexibility index (Phi) is 3.59. The third-order valence-electron chi connectivity index (χ3n) is 2.08. The maximum atomic E-state index is 10.5. The van der Waals surface area contributed by atoms with E-state index in [1.54, 1.807) is 19.2 Å². The quantitative estimate of drug-likeness (QED) is 0.547. The van der Waals surface area contributed by atoms with Crippen LogP contribution in [0.4, 0.5) is 5.69 Å². The van der Waals surface area contributed by atoms with Crippen molar-refractivity contribution in [1.29, 1.82) is 0 Å². The third kappa shape index (κ3) is 2.29. The maximum Gasteiger partial charge on any atom is 0.269 e. The van der Waals surface area contributed by atoms with Crippen LogP contribution >= 0.6 is 0 Å². The van der Waals surface area contributed by atoms with Crippen molar-refractivity contribution >= 4 is 5.69 Å². The van der Waals surface area contributed by atoms with Crippen molar-refractivity contribution in [2.24, 2.45) is 0 Å². The molecule has 1 aromatic carbocycles. The molecule has 0 saturated heterocycles. The lowest BCUT2D eigenvalue weighted by Gasteiger charge is -2.05. The van der Waals surface area contributed by atoms with E-state index in [4.69, 9.17) is 4.74 Å². The molecule has 76 valence electrons. The fraction of sp³-hybridized carbons (Fsp3) is 0.400. The molecule has 0 unspecified atom stereocenters. The van der Waals surface area contributed by atoms with Gasteiger partial charge in [0.05, 0.1) is 11.5 Å². The smallest absolute Gasteiger partial charge is 0.269 e. The molecule has 0 heterocycles. The molecule has 0 amide bonds. The molecule has 1 rings (SSSR count). The number of non-ortho nitro benzene ring substituents is 1. The highest BCUT2D eigenvalue weighted by atomic mass is 16.6. The Bertz CT molecular complexity index is 336. The molecule has 0 atom stereocenters. The van der Waals surface area contributed by atoms with E-state index in [0.29, 0.717) is 6.61 Å². The van der Waals surface area contributed by atoms with Crippen LogP contribution in [0.2, 0.25) is 0 Å². The predicted molar refractivity (Wildman–Crippen MR) is 53.2 cm³/mol. The summed E-state index contributed by atoms with van der Waals surface area (Å²) in [6.07, 6.45) is 0.858. The monoisotopic (exact) mass is 195 g/mol. The van der Waals surface area contributed by atoms with Gasteiger partial charge in [-0.1, -0.05) is 13.0 Å². The minimum Gasteiger partial charge on any atom is -0.380 e. The van der Waals surface area contributed by atoms with Gasteiger partial charge in [-0.3, -0.25) is 10.1 Å². The minimum absolute atomic E-state index is 0.120. The van der Waals surface area contributed by atoms with Gasteiger partial charge in [-0.2, -0.15) is 0 Å². The van der Waals surface area contributed by atoms with Gasteiger partial charge >= 0.3 is 0 Å². The zero-order valence-electron chi connectivity index (χ0n) is 8.32. The summed E-state index contributed by atoms with van der Waals surface area (Å²) < 4.78 is 4.98. The highest BCUT2D eigenvalue weighted by molar-refractivity contribution is 5.39. The van der Waals surface area contributed by atoms with Gasteiger partial charge in [0.2, 0.25) is 0 Å². The van der Waals surface area contributed by atoms with Crippen LogP contribution in [0, 0.1) is 10.1 Å². The van der Waals surface area contributed by atoms with Crippen molar-refractivity contribution in [2.75, 3.05) is 7.11 Å². The highest BCUT2D eigenvalue weighted by Crippen LogP contribution is 2.18. The Morgan fingerprint density at radius 3 is 2.64 bits per heavy atom. The van der Waals surface area contributed by atoms with E-state index < -0.39 is 4.92 Å². The molecule has 0 N–H and O–H groups in total. The summed E-state index contributed by atoms with van der Waals surface area (Å²) in [5, 5.41) is 10.5. The SMILES string of the molecule is CCc1ccc([N+](=O)[O-])cc1COC. The van der Waals surface area contributed by atoms with Crippen LogP contribution in [0.15, 0.2) is 18.2 Å². The number of nitro groups is 1. The lowest BCUT2D eigenvalue weighted by atomic mass is 10.1. The van der Waals surface area contributed by atoms with Crippen molar-refractivity contribution in [2.45, 2.75) is 20.0 Å². The van der Waals surface area contributed by atoms with Crippen molar-refractivity contribution in [1.82, 2.24) is 0 Å². The van der Waals surface area contributed by atoms with E-state index in [1.165, 1.54) is 6.07 Å². The first-order valence-corrected chi connectivity index (χ1v) is 4.44. The van der Waals surface area contributed by atoms with Crippen LogP contribution in [0.3, 0.4) is 0 Å². The second-order valence-corrected chi connectivity index (χ2v) is 3.00. The Morgan fingerprint density at radius 2 is 2.14 bits per heavy atom. The van der Waals surface area contributed by atoms with Gasteiger partial charge in [0.25, 0.3) is 5.69 Å². The Hall–Kier alpha value is -1.42. The fourth-order valence-corrected chi connectivity index (χ4v) is 1.36. The molecule has 4 heteroatoms. The predicted octanol–water partition coefficient (Wildman–Crippen LogP) is 2.30. The number of rotatable bonds is 4. The average Bonchev–Trinajstić information content (AvgIpc) is 2.18. The summed E-state index contributed by atoms with van der Waals surface area (Å²) in [5.41, 5.74) is 2.11. The van der Waals surface area contributed by atoms with Crippen molar-refractivity contribution in [3.8, 4) is 0 Å². The first kappa shape index (κ1) is 10.7. The van der Waals surface area contributed by atoms with Crippen molar-refractivity contribution in [3.05, 3.63) is 39.4 Å². The molecule has 0 aliphatic heterocycles. The Morgan fingerprint density at radius 1 is 1.43 bits per heavy atom. The molecule has 0 bridgehead atoms.